The van der Waals surface area contributed by atoms with Gasteiger partial charge in [0.2, 0.25) is 0 Å². The van der Waals surface area contributed by atoms with Crippen molar-refractivity contribution in [1.82, 2.24) is 30.6 Å². The highest BCUT2D eigenvalue weighted by molar-refractivity contribution is 5.90. The van der Waals surface area contributed by atoms with E-state index in [4.69, 9.17) is 5.73 Å². The summed E-state index contributed by atoms with van der Waals surface area (Å²) in [5.74, 6) is 0.332. The van der Waals surface area contributed by atoms with Crippen LogP contribution in [0.1, 0.15) is 42.6 Å². The number of aromatic amines is 1. The van der Waals surface area contributed by atoms with Crippen molar-refractivity contribution in [1.29, 1.82) is 0 Å². The molecule has 9 heteroatoms. The van der Waals surface area contributed by atoms with Crippen LogP contribution in [0.15, 0.2) is 12.4 Å². The molecule has 0 spiro atoms. The molecule has 0 aromatic carbocycles. The fourth-order valence-corrected chi connectivity index (χ4v) is 2.64. The lowest BCUT2D eigenvalue weighted by Gasteiger charge is -2.32. The van der Waals surface area contributed by atoms with Gasteiger partial charge in [-0.1, -0.05) is 24.4 Å². The highest BCUT2D eigenvalue weighted by Gasteiger charge is 2.27. The van der Waals surface area contributed by atoms with E-state index in [0.717, 1.165) is 25.7 Å². The first-order chi connectivity index (χ1) is 10.3. The first-order valence-electron chi connectivity index (χ1n) is 6.90. The number of nitrogens with two attached hydrogens (primary N) is 1. The predicted octanol–water partition coefficient (Wildman–Crippen LogP) is 0.559. The van der Waals surface area contributed by atoms with Crippen LogP contribution in [-0.4, -0.2) is 42.5 Å². The topological polar surface area (TPSA) is 127 Å². The third-order valence-corrected chi connectivity index (χ3v) is 3.61. The Morgan fingerprint density at radius 1 is 1.29 bits per heavy atom. The van der Waals surface area contributed by atoms with Crippen molar-refractivity contribution >= 4 is 17.7 Å². The van der Waals surface area contributed by atoms with Gasteiger partial charge in [0, 0.05) is 6.04 Å². The van der Waals surface area contributed by atoms with E-state index in [-0.39, 0.29) is 11.7 Å². The molecular formula is C12H16N8O. The van der Waals surface area contributed by atoms with Crippen molar-refractivity contribution in [3.05, 3.63) is 18.1 Å². The molecule has 3 rings (SSSR count). The van der Waals surface area contributed by atoms with Crippen LogP contribution in [-0.2, 0) is 0 Å². The molecule has 2 aromatic heterocycles. The SMILES string of the molecule is NC(=O)c1cncc(N(c2nn[nH]n2)C2CCCCC2)n1. The van der Waals surface area contributed by atoms with Crippen molar-refractivity contribution in [2.24, 2.45) is 5.73 Å². The molecule has 1 saturated carbocycles. The van der Waals surface area contributed by atoms with E-state index in [9.17, 15) is 4.79 Å². The number of primary amides is 1. The third-order valence-electron chi connectivity index (χ3n) is 3.61. The normalized spacial score (nSPS) is 15.8. The zero-order valence-corrected chi connectivity index (χ0v) is 11.4. The monoisotopic (exact) mass is 288 g/mol. The lowest BCUT2D eigenvalue weighted by molar-refractivity contribution is 0.0995. The van der Waals surface area contributed by atoms with Crippen molar-refractivity contribution < 1.29 is 4.79 Å². The number of hydrogen-bond acceptors (Lipinski definition) is 7. The number of nitrogens with one attached hydrogen (secondary N) is 1. The van der Waals surface area contributed by atoms with Gasteiger partial charge in [0.15, 0.2) is 5.82 Å². The van der Waals surface area contributed by atoms with Crippen molar-refractivity contribution in [2.45, 2.75) is 38.1 Å². The number of nitrogens with zero attached hydrogens (tertiary/aromatic N) is 6. The predicted molar refractivity (Wildman–Crippen MR) is 73.7 cm³/mol. The highest BCUT2D eigenvalue weighted by atomic mass is 16.1. The van der Waals surface area contributed by atoms with Crippen LogP contribution in [0.5, 0.6) is 0 Å². The third kappa shape index (κ3) is 2.81. The smallest absolute Gasteiger partial charge is 0.271 e. The van der Waals surface area contributed by atoms with Crippen LogP contribution >= 0.6 is 0 Å². The lowest BCUT2D eigenvalue weighted by atomic mass is 9.94. The van der Waals surface area contributed by atoms with E-state index in [1.54, 1.807) is 6.20 Å². The molecule has 1 fully saturated rings. The molecule has 0 aliphatic heterocycles. The Kier molecular flexibility index (Phi) is 3.71. The number of H-pyrrole nitrogens is 1. The van der Waals surface area contributed by atoms with Crippen LogP contribution < -0.4 is 10.6 Å². The van der Waals surface area contributed by atoms with Gasteiger partial charge in [0.25, 0.3) is 11.9 Å². The Labute approximate surface area is 121 Å². The molecule has 2 aromatic rings. The van der Waals surface area contributed by atoms with Gasteiger partial charge >= 0.3 is 0 Å². The second-order valence-electron chi connectivity index (χ2n) is 5.00. The van der Waals surface area contributed by atoms with E-state index < -0.39 is 5.91 Å². The molecule has 0 saturated heterocycles. The molecule has 0 bridgehead atoms. The Bertz CT molecular complexity index is 607. The van der Waals surface area contributed by atoms with Crippen LogP contribution in [0.2, 0.25) is 0 Å². The van der Waals surface area contributed by atoms with Gasteiger partial charge in [-0.3, -0.25) is 14.7 Å². The van der Waals surface area contributed by atoms with Gasteiger partial charge in [-0.2, -0.15) is 5.21 Å². The number of tetrazole rings is 1. The Morgan fingerprint density at radius 3 is 2.76 bits per heavy atom. The molecule has 0 radical (unpaired) electrons. The number of aromatic nitrogens is 6. The second kappa shape index (κ2) is 5.81. The first-order valence-corrected chi connectivity index (χ1v) is 6.90. The minimum Gasteiger partial charge on any atom is -0.364 e. The molecule has 9 nitrogen and oxygen atoms in total. The maximum Gasteiger partial charge on any atom is 0.271 e. The average molecular weight is 288 g/mol. The quantitative estimate of drug-likeness (QED) is 0.841. The molecule has 0 atom stereocenters. The van der Waals surface area contributed by atoms with E-state index in [1.165, 1.54) is 12.6 Å². The van der Waals surface area contributed by atoms with Crippen molar-refractivity contribution in [3.63, 3.8) is 0 Å². The highest BCUT2D eigenvalue weighted by Crippen LogP contribution is 2.30. The zero-order chi connectivity index (χ0) is 14.7. The van der Waals surface area contributed by atoms with Crippen molar-refractivity contribution in [3.8, 4) is 0 Å². The zero-order valence-electron chi connectivity index (χ0n) is 11.4. The summed E-state index contributed by atoms with van der Waals surface area (Å²) in [7, 11) is 0. The minimum atomic E-state index is -0.610. The standard InChI is InChI=1S/C12H16N8O/c13-11(21)9-6-14-7-10(15-9)20(12-16-18-19-17-12)8-4-2-1-3-5-8/h6-8H,1-5H2,(H2,13,21)(H,16,17,18,19). The van der Waals surface area contributed by atoms with E-state index in [0.29, 0.717) is 11.8 Å². The molecule has 110 valence electrons. The fraction of sp³-hybridized carbons (Fsp3) is 0.500. The summed E-state index contributed by atoms with van der Waals surface area (Å²) >= 11 is 0. The average Bonchev–Trinajstić information content (AvgIpc) is 3.03. The molecule has 1 amide bonds. The number of rotatable bonds is 4. The molecule has 1 aliphatic rings. The molecule has 21 heavy (non-hydrogen) atoms. The number of hydrogen-bond donors (Lipinski definition) is 2. The first kappa shape index (κ1) is 13.4. The Hall–Kier alpha value is -2.58. The van der Waals surface area contributed by atoms with Crippen molar-refractivity contribution in [2.75, 3.05) is 4.90 Å². The summed E-state index contributed by atoms with van der Waals surface area (Å²) in [5, 5.41) is 14.1. The number of anilines is 2. The van der Waals surface area contributed by atoms with Crippen LogP contribution in [0.3, 0.4) is 0 Å². The molecule has 2 heterocycles. The van der Waals surface area contributed by atoms with Crippen LogP contribution in [0.4, 0.5) is 11.8 Å². The van der Waals surface area contributed by atoms with Gasteiger partial charge in [0.1, 0.15) is 5.69 Å². The Balaban J connectivity index is 1.98. The minimum absolute atomic E-state index is 0.122. The maximum atomic E-state index is 11.3. The summed E-state index contributed by atoms with van der Waals surface area (Å²) < 4.78 is 0. The lowest BCUT2D eigenvalue weighted by Crippen LogP contribution is -2.35. The van der Waals surface area contributed by atoms with E-state index in [1.807, 2.05) is 4.90 Å². The van der Waals surface area contributed by atoms with Gasteiger partial charge in [-0.05, 0) is 18.1 Å². The second-order valence-corrected chi connectivity index (χ2v) is 5.00. The molecule has 3 N–H and O–H groups in total. The summed E-state index contributed by atoms with van der Waals surface area (Å²) in [6, 6.07) is 0.216. The van der Waals surface area contributed by atoms with E-state index >= 15 is 0 Å². The molecule has 0 unspecified atom stereocenters. The van der Waals surface area contributed by atoms with Gasteiger partial charge < -0.3 is 5.73 Å². The summed E-state index contributed by atoms with van der Waals surface area (Å²) in [4.78, 5) is 21.5. The Morgan fingerprint density at radius 2 is 2.10 bits per heavy atom. The number of amides is 1. The van der Waals surface area contributed by atoms with Gasteiger partial charge in [0.05, 0.1) is 12.4 Å². The fourth-order valence-electron chi connectivity index (χ4n) is 2.64. The molecule has 1 aliphatic carbocycles. The molecular weight excluding hydrogens is 272 g/mol. The summed E-state index contributed by atoms with van der Waals surface area (Å²) in [5.41, 5.74) is 5.39. The van der Waals surface area contributed by atoms with Crippen LogP contribution in [0, 0.1) is 0 Å². The van der Waals surface area contributed by atoms with Gasteiger partial charge in [-0.25, -0.2) is 4.98 Å². The van der Waals surface area contributed by atoms with Crippen LogP contribution in [0.25, 0.3) is 0 Å². The number of carbonyl (C=O) groups excluding carboxylic acids is 1. The summed E-state index contributed by atoms with van der Waals surface area (Å²) in [6.07, 6.45) is 8.46. The van der Waals surface area contributed by atoms with E-state index in [2.05, 4.69) is 30.6 Å². The summed E-state index contributed by atoms with van der Waals surface area (Å²) in [6.45, 7) is 0. The largest absolute Gasteiger partial charge is 0.364 e. The maximum absolute atomic E-state index is 11.3. The van der Waals surface area contributed by atoms with Gasteiger partial charge in [-0.15, -0.1) is 5.10 Å². The number of carbonyl (C=O) groups is 1.